The highest BCUT2D eigenvalue weighted by molar-refractivity contribution is 7.98. The second kappa shape index (κ2) is 5.89. The molecule has 1 aromatic rings. The van der Waals surface area contributed by atoms with Gasteiger partial charge in [0.05, 0.1) is 30.2 Å². The van der Waals surface area contributed by atoms with Crippen molar-refractivity contribution < 1.29 is 9.50 Å². The van der Waals surface area contributed by atoms with Crippen molar-refractivity contribution >= 4 is 17.4 Å². The highest BCUT2D eigenvalue weighted by Gasteiger charge is 2.27. The number of pyridine rings is 1. The number of aliphatic hydroxyl groups is 1. The van der Waals surface area contributed by atoms with Gasteiger partial charge in [-0.25, -0.2) is 4.39 Å². The molecule has 2 rings (SSSR count). The van der Waals surface area contributed by atoms with Gasteiger partial charge >= 0.3 is 0 Å². The van der Waals surface area contributed by atoms with E-state index in [1.54, 1.807) is 18.0 Å². The van der Waals surface area contributed by atoms with Crippen LogP contribution in [0.3, 0.4) is 0 Å². The highest BCUT2D eigenvalue weighted by atomic mass is 32.2. The van der Waals surface area contributed by atoms with Crippen molar-refractivity contribution in [2.75, 3.05) is 24.2 Å². The molecule has 1 unspecified atom stereocenters. The van der Waals surface area contributed by atoms with Gasteiger partial charge < -0.3 is 10.0 Å². The maximum absolute atomic E-state index is 13.5. The molecule has 1 fully saturated rings. The molecular weight excluding hydrogens is 251 g/mol. The van der Waals surface area contributed by atoms with E-state index in [1.807, 2.05) is 17.0 Å². The normalized spacial score (nSPS) is 26.1. The zero-order valence-electron chi connectivity index (χ0n) is 10.7. The number of anilines is 1. The predicted octanol–water partition coefficient (Wildman–Crippen LogP) is 2.41. The van der Waals surface area contributed by atoms with Gasteiger partial charge in [-0.1, -0.05) is 0 Å². The lowest BCUT2D eigenvalue weighted by Gasteiger charge is -2.33. The molecule has 0 aromatic carbocycles. The Hall–Kier alpha value is -0.810. The molecule has 1 aliphatic rings. The minimum Gasteiger partial charge on any atom is -0.390 e. The van der Waals surface area contributed by atoms with Gasteiger partial charge in [-0.15, -0.1) is 0 Å². The Morgan fingerprint density at radius 1 is 1.56 bits per heavy atom. The van der Waals surface area contributed by atoms with E-state index in [-0.39, 0.29) is 6.54 Å². The van der Waals surface area contributed by atoms with Crippen molar-refractivity contribution in [3.05, 3.63) is 24.0 Å². The number of hydrogen-bond donors (Lipinski definition) is 1. The molecule has 2 heterocycles. The van der Waals surface area contributed by atoms with E-state index in [2.05, 4.69) is 18.2 Å². The maximum Gasteiger partial charge on any atom is 0.143 e. The van der Waals surface area contributed by atoms with Gasteiger partial charge in [-0.05, 0) is 31.7 Å². The molecule has 0 radical (unpaired) electrons. The fraction of sp³-hybridized carbons (Fsp3) is 0.615. The minimum atomic E-state index is -1.16. The molecule has 1 aromatic heterocycles. The molecule has 1 aliphatic heterocycles. The zero-order chi connectivity index (χ0) is 13.1. The van der Waals surface area contributed by atoms with Crippen LogP contribution in [-0.4, -0.2) is 41.7 Å². The van der Waals surface area contributed by atoms with Crippen molar-refractivity contribution in [3.63, 3.8) is 0 Å². The maximum atomic E-state index is 13.5. The molecule has 1 saturated heterocycles. The lowest BCUT2D eigenvalue weighted by atomic mass is 10.1. The van der Waals surface area contributed by atoms with Crippen molar-refractivity contribution in [3.8, 4) is 0 Å². The monoisotopic (exact) mass is 270 g/mol. The number of aliphatic hydroxyl groups excluding tert-OH is 1. The first kappa shape index (κ1) is 13.6. The van der Waals surface area contributed by atoms with Crippen LogP contribution in [0.4, 0.5) is 10.1 Å². The Bertz CT molecular complexity index is 387. The van der Waals surface area contributed by atoms with Crippen LogP contribution < -0.4 is 4.90 Å². The van der Waals surface area contributed by atoms with Crippen LogP contribution in [0, 0.1) is 0 Å². The Kier molecular flexibility index (Phi) is 4.45. The molecule has 0 spiro atoms. The van der Waals surface area contributed by atoms with Gasteiger partial charge in [0.2, 0.25) is 0 Å². The van der Waals surface area contributed by atoms with Crippen molar-refractivity contribution in [2.24, 2.45) is 0 Å². The van der Waals surface area contributed by atoms with Crippen LogP contribution in [-0.2, 0) is 0 Å². The summed E-state index contributed by atoms with van der Waals surface area (Å²) in [5.74, 6) is 0. The summed E-state index contributed by atoms with van der Waals surface area (Å²) in [6.45, 7) is 3.04. The number of nitrogens with zero attached hydrogens (tertiary/aromatic N) is 2. The second-order valence-corrected chi connectivity index (χ2v) is 5.82. The third kappa shape index (κ3) is 2.95. The van der Waals surface area contributed by atoms with E-state index in [0.717, 1.165) is 11.4 Å². The van der Waals surface area contributed by atoms with Crippen LogP contribution in [0.15, 0.2) is 18.3 Å². The van der Waals surface area contributed by atoms with Gasteiger partial charge in [0.25, 0.3) is 0 Å². The van der Waals surface area contributed by atoms with E-state index in [1.165, 1.54) is 0 Å². The predicted molar refractivity (Wildman–Crippen MR) is 73.9 cm³/mol. The van der Waals surface area contributed by atoms with Gasteiger partial charge in [-0.2, -0.15) is 11.8 Å². The number of aromatic nitrogens is 1. The Morgan fingerprint density at radius 2 is 2.33 bits per heavy atom. The largest absolute Gasteiger partial charge is 0.390 e. The molecule has 0 saturated carbocycles. The number of halogens is 1. The number of piperidine rings is 1. The quantitative estimate of drug-likeness (QED) is 0.915. The first-order valence-corrected chi connectivity index (χ1v) is 7.46. The summed E-state index contributed by atoms with van der Waals surface area (Å²) in [6, 6.07) is 3.98. The zero-order valence-corrected chi connectivity index (χ0v) is 11.5. The second-order valence-electron chi connectivity index (χ2n) is 4.64. The highest BCUT2D eigenvalue weighted by Crippen LogP contribution is 2.26. The van der Waals surface area contributed by atoms with E-state index < -0.39 is 12.3 Å². The number of thioether (sulfide) groups is 1. The SMILES string of the molecule is CSC(C)c1ccc(N2CC[C@H](O)[C@H](F)C2)cn1. The minimum absolute atomic E-state index is 0.250. The summed E-state index contributed by atoms with van der Waals surface area (Å²) in [5.41, 5.74) is 1.97. The molecule has 18 heavy (non-hydrogen) atoms. The van der Waals surface area contributed by atoms with Crippen molar-refractivity contribution in [2.45, 2.75) is 30.9 Å². The van der Waals surface area contributed by atoms with Crippen molar-refractivity contribution in [1.82, 2.24) is 4.98 Å². The first-order valence-electron chi connectivity index (χ1n) is 6.17. The Labute approximate surface area is 111 Å². The standard InChI is InChI=1S/C13H19FN2OS/c1-9(18-2)12-4-3-10(7-15-12)16-6-5-13(17)11(14)8-16/h3-4,7,9,11,13,17H,5-6,8H2,1-2H3/t9?,11-,13+/m1/s1. The third-order valence-corrected chi connectivity index (χ3v) is 4.36. The van der Waals surface area contributed by atoms with E-state index in [0.29, 0.717) is 18.2 Å². The van der Waals surface area contributed by atoms with Crippen LogP contribution in [0.2, 0.25) is 0 Å². The van der Waals surface area contributed by atoms with E-state index in [9.17, 15) is 9.50 Å². The van der Waals surface area contributed by atoms with Crippen LogP contribution in [0.1, 0.15) is 24.3 Å². The summed E-state index contributed by atoms with van der Waals surface area (Å²) >= 11 is 1.75. The Balaban J connectivity index is 2.06. The average Bonchev–Trinajstić information content (AvgIpc) is 2.41. The smallest absolute Gasteiger partial charge is 0.143 e. The topological polar surface area (TPSA) is 36.4 Å². The summed E-state index contributed by atoms with van der Waals surface area (Å²) < 4.78 is 13.5. The summed E-state index contributed by atoms with van der Waals surface area (Å²) in [4.78, 5) is 6.36. The summed E-state index contributed by atoms with van der Waals surface area (Å²) in [7, 11) is 0. The summed E-state index contributed by atoms with van der Waals surface area (Å²) in [5, 5.41) is 9.74. The number of hydrogen-bond acceptors (Lipinski definition) is 4. The molecule has 3 nitrogen and oxygen atoms in total. The van der Waals surface area contributed by atoms with Crippen LogP contribution >= 0.6 is 11.8 Å². The summed E-state index contributed by atoms with van der Waals surface area (Å²) in [6.07, 6.45) is 2.35. The van der Waals surface area contributed by atoms with E-state index >= 15 is 0 Å². The lowest BCUT2D eigenvalue weighted by molar-refractivity contribution is 0.0615. The van der Waals surface area contributed by atoms with Crippen LogP contribution in [0.5, 0.6) is 0 Å². The van der Waals surface area contributed by atoms with Gasteiger partial charge in [0.1, 0.15) is 6.17 Å². The van der Waals surface area contributed by atoms with Gasteiger partial charge in [-0.3, -0.25) is 4.98 Å². The average molecular weight is 270 g/mol. The molecule has 1 N–H and O–H groups in total. The first-order chi connectivity index (χ1) is 8.61. The third-order valence-electron chi connectivity index (χ3n) is 3.41. The molecule has 0 bridgehead atoms. The molecule has 3 atom stereocenters. The Morgan fingerprint density at radius 3 is 2.89 bits per heavy atom. The number of rotatable bonds is 3. The fourth-order valence-corrected chi connectivity index (χ4v) is 2.45. The lowest BCUT2D eigenvalue weighted by Crippen LogP contribution is -2.44. The molecule has 0 aliphatic carbocycles. The van der Waals surface area contributed by atoms with Gasteiger partial charge in [0.15, 0.2) is 0 Å². The van der Waals surface area contributed by atoms with Crippen LogP contribution in [0.25, 0.3) is 0 Å². The van der Waals surface area contributed by atoms with Crippen molar-refractivity contribution in [1.29, 1.82) is 0 Å². The molecule has 0 amide bonds. The van der Waals surface area contributed by atoms with Gasteiger partial charge in [0, 0.05) is 11.8 Å². The molecule has 100 valence electrons. The van der Waals surface area contributed by atoms with E-state index in [4.69, 9.17) is 0 Å². The molecule has 5 heteroatoms. The molecular formula is C13H19FN2OS. The fourth-order valence-electron chi connectivity index (χ4n) is 2.07. The number of alkyl halides is 1.